The molecule has 0 spiro atoms. The van der Waals surface area contributed by atoms with E-state index in [9.17, 15) is 4.79 Å². The number of hydrazone groups is 1. The van der Waals surface area contributed by atoms with E-state index in [0.29, 0.717) is 23.3 Å². The van der Waals surface area contributed by atoms with Crippen LogP contribution in [0.4, 0.5) is 0 Å². The summed E-state index contributed by atoms with van der Waals surface area (Å²) in [7, 11) is 0. The van der Waals surface area contributed by atoms with Crippen molar-refractivity contribution >= 4 is 34.7 Å². The largest absolute Gasteiger partial charge is 0.463 e. The molecule has 0 saturated carbocycles. The quantitative estimate of drug-likeness (QED) is 0.465. The molecule has 146 valence electrons. The van der Waals surface area contributed by atoms with E-state index in [2.05, 4.69) is 20.3 Å². The second-order valence-electron chi connectivity index (χ2n) is 6.24. The van der Waals surface area contributed by atoms with Gasteiger partial charge in [0.2, 0.25) is 0 Å². The normalized spacial score (nSPS) is 16.3. The molecule has 8 nitrogen and oxygen atoms in total. The van der Waals surface area contributed by atoms with Crippen LogP contribution in [-0.4, -0.2) is 37.6 Å². The summed E-state index contributed by atoms with van der Waals surface area (Å²) in [6.45, 7) is 0. The maximum Gasteiger partial charge on any atom is 0.277 e. The molecule has 5 heterocycles. The number of aromatic amines is 1. The number of aromatic nitrogens is 3. The van der Waals surface area contributed by atoms with Crippen LogP contribution in [0.5, 0.6) is 0 Å². The van der Waals surface area contributed by atoms with Crippen molar-refractivity contribution in [3.05, 3.63) is 64.9 Å². The summed E-state index contributed by atoms with van der Waals surface area (Å²) in [4.78, 5) is 17.0. The summed E-state index contributed by atoms with van der Waals surface area (Å²) in [6.07, 6.45) is 4.00. The molecule has 0 radical (unpaired) electrons. The summed E-state index contributed by atoms with van der Waals surface area (Å²) in [5, 5.41) is 16.4. The first-order valence-electron chi connectivity index (χ1n) is 8.85. The van der Waals surface area contributed by atoms with Crippen molar-refractivity contribution in [1.29, 1.82) is 0 Å². The number of H-pyrrole nitrogens is 1. The van der Waals surface area contributed by atoms with E-state index in [1.165, 1.54) is 11.8 Å². The molecule has 0 bridgehead atoms. The maximum absolute atomic E-state index is 13.0. The maximum atomic E-state index is 13.0. The molecule has 0 saturated heterocycles. The second kappa shape index (κ2) is 7.72. The third-order valence-electron chi connectivity index (χ3n) is 4.40. The number of nitrogens with zero attached hydrogens (tertiary/aromatic N) is 4. The number of carbonyl (C=O) groups is 1. The standard InChI is InChI=1S/C19H15N5O3S2/c25-17(11-29-19-22-21-18(27-19)12-4-1-7-20-12)24-14(16-6-3-9-28-16)10-13(23-24)15-5-2-8-26-15/h1-9,14,20H,10-11H2/t14-/m0/s1. The molecule has 4 aromatic heterocycles. The lowest BCUT2D eigenvalue weighted by Gasteiger charge is -2.20. The number of hydrogen-bond acceptors (Lipinski definition) is 8. The highest BCUT2D eigenvalue weighted by molar-refractivity contribution is 7.99. The monoisotopic (exact) mass is 425 g/mol. The van der Waals surface area contributed by atoms with Gasteiger partial charge in [-0.25, -0.2) is 5.01 Å². The van der Waals surface area contributed by atoms with Crippen molar-refractivity contribution in [2.75, 3.05) is 5.75 Å². The third kappa shape index (κ3) is 3.64. The van der Waals surface area contributed by atoms with Gasteiger partial charge in [-0.3, -0.25) is 4.79 Å². The zero-order valence-electron chi connectivity index (χ0n) is 15.0. The SMILES string of the molecule is O=C(CSc1nnc(-c2ccc[nH]2)o1)N1N=C(c2ccco2)C[C@H]1c1cccs1. The van der Waals surface area contributed by atoms with Crippen molar-refractivity contribution in [3.63, 3.8) is 0 Å². The Kier molecular flexibility index (Phi) is 4.78. The van der Waals surface area contributed by atoms with E-state index in [1.54, 1.807) is 28.8 Å². The average molecular weight is 425 g/mol. The van der Waals surface area contributed by atoms with Crippen LogP contribution in [0.25, 0.3) is 11.6 Å². The fourth-order valence-electron chi connectivity index (χ4n) is 3.06. The Hall–Kier alpha value is -3.11. The van der Waals surface area contributed by atoms with Crippen LogP contribution in [0.15, 0.2) is 73.4 Å². The molecule has 0 aliphatic carbocycles. The lowest BCUT2D eigenvalue weighted by atomic mass is 10.1. The van der Waals surface area contributed by atoms with Crippen LogP contribution in [0.1, 0.15) is 23.1 Å². The van der Waals surface area contributed by atoms with Gasteiger partial charge in [-0.05, 0) is 35.7 Å². The Bertz CT molecular complexity index is 1120. The summed E-state index contributed by atoms with van der Waals surface area (Å²) in [5.41, 5.74) is 1.50. The van der Waals surface area contributed by atoms with Gasteiger partial charge in [0, 0.05) is 17.5 Å². The van der Waals surface area contributed by atoms with E-state index in [1.807, 2.05) is 41.8 Å². The first kappa shape index (κ1) is 18.0. The van der Waals surface area contributed by atoms with Crippen molar-refractivity contribution < 1.29 is 13.6 Å². The Balaban J connectivity index is 1.31. The van der Waals surface area contributed by atoms with Crippen molar-refractivity contribution in [1.82, 2.24) is 20.2 Å². The van der Waals surface area contributed by atoms with Crippen LogP contribution in [0, 0.1) is 0 Å². The minimum Gasteiger partial charge on any atom is -0.463 e. The fraction of sp³-hybridized carbons (Fsp3) is 0.158. The number of rotatable bonds is 6. The minimum atomic E-state index is -0.139. The van der Waals surface area contributed by atoms with Crippen molar-refractivity contribution in [2.45, 2.75) is 17.7 Å². The van der Waals surface area contributed by atoms with Gasteiger partial charge in [-0.2, -0.15) is 5.10 Å². The Labute approximate surface area is 173 Å². The molecule has 0 unspecified atom stereocenters. The smallest absolute Gasteiger partial charge is 0.277 e. The van der Waals surface area contributed by atoms with Gasteiger partial charge in [0.1, 0.15) is 17.2 Å². The fourth-order valence-corrected chi connectivity index (χ4v) is 4.49. The number of thiophene rings is 1. The van der Waals surface area contributed by atoms with Gasteiger partial charge in [0.25, 0.3) is 17.0 Å². The number of nitrogens with one attached hydrogen (secondary N) is 1. The average Bonchev–Trinajstić information content (AvgIpc) is 3.56. The minimum absolute atomic E-state index is 0.130. The zero-order chi connectivity index (χ0) is 19.6. The first-order chi connectivity index (χ1) is 14.3. The van der Waals surface area contributed by atoms with Gasteiger partial charge in [0.05, 0.1) is 18.1 Å². The lowest BCUT2D eigenvalue weighted by molar-refractivity contribution is -0.130. The van der Waals surface area contributed by atoms with Crippen LogP contribution in [0.3, 0.4) is 0 Å². The van der Waals surface area contributed by atoms with Gasteiger partial charge in [0.15, 0.2) is 0 Å². The highest BCUT2D eigenvalue weighted by atomic mass is 32.2. The number of carbonyl (C=O) groups excluding carboxylic acids is 1. The number of furan rings is 1. The molecule has 5 rings (SSSR count). The van der Waals surface area contributed by atoms with Crippen molar-refractivity contribution in [2.24, 2.45) is 5.10 Å². The summed E-state index contributed by atoms with van der Waals surface area (Å²) >= 11 is 2.80. The molecule has 1 aliphatic rings. The topological polar surface area (TPSA) is 101 Å². The van der Waals surface area contributed by atoms with Gasteiger partial charge >= 0.3 is 0 Å². The Morgan fingerprint density at radius 3 is 3.00 bits per heavy atom. The second-order valence-corrected chi connectivity index (χ2v) is 8.15. The summed E-state index contributed by atoms with van der Waals surface area (Å²) in [6, 6.07) is 11.2. The molecular formula is C19H15N5O3S2. The van der Waals surface area contributed by atoms with Crippen LogP contribution >= 0.6 is 23.1 Å². The molecule has 1 aliphatic heterocycles. The number of hydrogen-bond donors (Lipinski definition) is 1. The Morgan fingerprint density at radius 2 is 2.24 bits per heavy atom. The molecule has 1 amide bonds. The molecule has 29 heavy (non-hydrogen) atoms. The number of thioether (sulfide) groups is 1. The van der Waals surface area contributed by atoms with Gasteiger partial charge < -0.3 is 13.8 Å². The molecule has 4 aromatic rings. The molecule has 10 heteroatoms. The van der Waals surface area contributed by atoms with Crippen molar-refractivity contribution in [3.8, 4) is 11.6 Å². The predicted octanol–water partition coefficient (Wildman–Crippen LogP) is 4.19. The summed E-state index contributed by atoms with van der Waals surface area (Å²) in [5.74, 6) is 1.08. The number of amides is 1. The molecule has 1 atom stereocenters. The summed E-state index contributed by atoms with van der Waals surface area (Å²) < 4.78 is 11.1. The van der Waals surface area contributed by atoms with Crippen LogP contribution in [-0.2, 0) is 4.79 Å². The lowest BCUT2D eigenvalue weighted by Crippen LogP contribution is -2.28. The van der Waals surface area contributed by atoms with E-state index in [0.717, 1.165) is 16.3 Å². The van der Waals surface area contributed by atoms with E-state index in [-0.39, 0.29) is 17.7 Å². The first-order valence-corrected chi connectivity index (χ1v) is 10.7. The van der Waals surface area contributed by atoms with E-state index < -0.39 is 0 Å². The van der Waals surface area contributed by atoms with E-state index >= 15 is 0 Å². The third-order valence-corrected chi connectivity index (χ3v) is 6.17. The highest BCUT2D eigenvalue weighted by Gasteiger charge is 2.34. The van der Waals surface area contributed by atoms with Gasteiger partial charge in [-0.1, -0.05) is 17.8 Å². The van der Waals surface area contributed by atoms with Gasteiger partial charge in [-0.15, -0.1) is 21.5 Å². The Morgan fingerprint density at radius 1 is 1.28 bits per heavy atom. The molecule has 0 aromatic carbocycles. The predicted molar refractivity (Wildman–Crippen MR) is 109 cm³/mol. The van der Waals surface area contributed by atoms with Crippen LogP contribution < -0.4 is 0 Å². The molecule has 1 N–H and O–H groups in total. The zero-order valence-corrected chi connectivity index (χ0v) is 16.7. The van der Waals surface area contributed by atoms with Crippen LogP contribution in [0.2, 0.25) is 0 Å². The van der Waals surface area contributed by atoms with E-state index in [4.69, 9.17) is 8.83 Å². The molecular weight excluding hydrogens is 410 g/mol. The highest BCUT2D eigenvalue weighted by Crippen LogP contribution is 2.36. The molecule has 0 fully saturated rings.